The minimum absolute atomic E-state index is 0.382. The number of alkyl halides is 2. The van der Waals surface area contributed by atoms with E-state index < -0.39 is 12.3 Å². The molecule has 0 aliphatic carbocycles. The number of hydrogen-bond acceptors (Lipinski definition) is 1. The van der Waals surface area contributed by atoms with Crippen molar-refractivity contribution in [1.29, 1.82) is 0 Å². The molecule has 1 amide bonds. The molecule has 0 unspecified atom stereocenters. The maximum Gasteiger partial charge on any atom is 0.316 e. The van der Waals surface area contributed by atoms with Crippen LogP contribution in [0.2, 0.25) is 0 Å². The Kier molecular flexibility index (Phi) is 3.34. The molecule has 0 saturated heterocycles. The van der Waals surface area contributed by atoms with Crippen molar-refractivity contribution in [1.82, 2.24) is 0 Å². The van der Waals surface area contributed by atoms with Crippen molar-refractivity contribution in [2.75, 3.05) is 4.90 Å². The zero-order valence-electron chi connectivity index (χ0n) is 7.36. The van der Waals surface area contributed by atoms with Crippen molar-refractivity contribution in [2.45, 2.75) is 6.43 Å². The summed E-state index contributed by atoms with van der Waals surface area (Å²) in [5.41, 5.74) is 0.382. The third-order valence-corrected chi connectivity index (χ3v) is 1.64. The quantitative estimate of drug-likeness (QED) is 0.728. The van der Waals surface area contributed by atoms with Crippen molar-refractivity contribution >= 4 is 11.6 Å². The Morgan fingerprint density at radius 3 is 2.36 bits per heavy atom. The lowest BCUT2D eigenvalue weighted by Crippen LogP contribution is -2.30. The van der Waals surface area contributed by atoms with Crippen LogP contribution in [-0.2, 0) is 4.79 Å². The molecule has 1 rings (SSSR count). The highest BCUT2D eigenvalue weighted by Gasteiger charge is 2.22. The Hall–Kier alpha value is -1.71. The van der Waals surface area contributed by atoms with Gasteiger partial charge in [0.1, 0.15) is 0 Å². The second-order valence-electron chi connectivity index (χ2n) is 2.53. The van der Waals surface area contributed by atoms with Crippen LogP contribution in [0.4, 0.5) is 14.5 Å². The largest absolute Gasteiger partial charge is 0.316 e. The molecule has 0 fully saturated rings. The van der Waals surface area contributed by atoms with E-state index in [0.717, 1.165) is 11.1 Å². The van der Waals surface area contributed by atoms with Gasteiger partial charge in [0.25, 0.3) is 5.91 Å². The van der Waals surface area contributed by atoms with Gasteiger partial charge < -0.3 is 0 Å². The van der Waals surface area contributed by atoms with Gasteiger partial charge in [-0.15, -0.1) is 0 Å². The summed E-state index contributed by atoms with van der Waals surface area (Å²) in [6.07, 6.45) is -1.95. The fourth-order valence-corrected chi connectivity index (χ4v) is 1.02. The molecule has 0 saturated carbocycles. The normalized spacial score (nSPS) is 9.93. The first kappa shape index (κ1) is 10.4. The summed E-state index contributed by atoms with van der Waals surface area (Å²) >= 11 is 0. The number of anilines is 1. The Balaban J connectivity index is 2.94. The monoisotopic (exact) mass is 197 g/mol. The number of rotatable bonds is 3. The maximum absolute atomic E-state index is 12.1. The number of halogens is 2. The minimum atomic E-state index is -3.02. The number of benzene rings is 1. The summed E-state index contributed by atoms with van der Waals surface area (Å²) in [6.45, 7) is 3.31. The van der Waals surface area contributed by atoms with Gasteiger partial charge in [0.05, 0.1) is 0 Å². The van der Waals surface area contributed by atoms with Crippen LogP contribution in [0.25, 0.3) is 0 Å². The van der Waals surface area contributed by atoms with Crippen LogP contribution in [0.15, 0.2) is 43.1 Å². The van der Waals surface area contributed by atoms with Crippen LogP contribution in [0, 0.1) is 0 Å². The van der Waals surface area contributed by atoms with Gasteiger partial charge in [0, 0.05) is 11.9 Å². The second-order valence-corrected chi connectivity index (χ2v) is 2.53. The molecule has 14 heavy (non-hydrogen) atoms. The fraction of sp³-hybridized carbons (Fsp3) is 0.100. The predicted molar refractivity (Wildman–Crippen MR) is 50.1 cm³/mol. The van der Waals surface area contributed by atoms with Crippen molar-refractivity contribution in [2.24, 2.45) is 0 Å². The summed E-state index contributed by atoms with van der Waals surface area (Å²) in [6, 6.07) is 8.16. The van der Waals surface area contributed by atoms with Gasteiger partial charge in [-0.2, -0.15) is 8.78 Å². The summed E-state index contributed by atoms with van der Waals surface area (Å²) < 4.78 is 24.2. The molecule has 0 N–H and O–H groups in total. The van der Waals surface area contributed by atoms with Crippen LogP contribution >= 0.6 is 0 Å². The molecule has 0 spiro atoms. The van der Waals surface area contributed by atoms with Crippen LogP contribution in [0.1, 0.15) is 0 Å². The lowest BCUT2D eigenvalue weighted by Gasteiger charge is -2.16. The molecular formula is C10H9F2NO. The van der Waals surface area contributed by atoms with Crippen molar-refractivity contribution < 1.29 is 13.6 Å². The first-order valence-corrected chi connectivity index (χ1v) is 3.95. The molecule has 4 heteroatoms. The van der Waals surface area contributed by atoms with E-state index in [0.29, 0.717) is 5.69 Å². The van der Waals surface area contributed by atoms with E-state index >= 15 is 0 Å². The molecule has 1 aromatic rings. The molecule has 0 radical (unpaired) electrons. The van der Waals surface area contributed by atoms with E-state index in [1.165, 1.54) is 0 Å². The number of nitrogens with zero attached hydrogens (tertiary/aromatic N) is 1. The summed E-state index contributed by atoms with van der Waals surface area (Å²) in [5, 5.41) is 0. The maximum atomic E-state index is 12.1. The van der Waals surface area contributed by atoms with E-state index in [4.69, 9.17) is 0 Å². The Morgan fingerprint density at radius 1 is 1.36 bits per heavy atom. The predicted octanol–water partition coefficient (Wildman–Crippen LogP) is 2.43. The Morgan fingerprint density at radius 2 is 1.93 bits per heavy atom. The SMILES string of the molecule is C=CN(C(=O)C(F)F)c1ccccc1. The molecule has 0 atom stereocenters. The second kappa shape index (κ2) is 4.50. The van der Waals surface area contributed by atoms with Gasteiger partial charge in [-0.05, 0) is 12.1 Å². The topological polar surface area (TPSA) is 20.3 Å². The van der Waals surface area contributed by atoms with E-state index in [2.05, 4.69) is 6.58 Å². The highest BCUT2D eigenvalue weighted by Crippen LogP contribution is 2.15. The van der Waals surface area contributed by atoms with E-state index in [1.54, 1.807) is 30.3 Å². The zero-order valence-corrected chi connectivity index (χ0v) is 7.36. The molecule has 0 aliphatic heterocycles. The molecule has 0 heterocycles. The van der Waals surface area contributed by atoms with Crippen LogP contribution in [-0.4, -0.2) is 12.3 Å². The van der Waals surface area contributed by atoms with Crippen LogP contribution < -0.4 is 4.90 Å². The molecule has 74 valence electrons. The lowest BCUT2D eigenvalue weighted by atomic mass is 10.3. The van der Waals surface area contributed by atoms with Crippen LogP contribution in [0.5, 0.6) is 0 Å². The number of carbonyl (C=O) groups is 1. The molecule has 1 aromatic carbocycles. The highest BCUT2D eigenvalue weighted by atomic mass is 19.3. The van der Waals surface area contributed by atoms with Crippen LogP contribution in [0.3, 0.4) is 0 Å². The number of carbonyl (C=O) groups excluding carboxylic acids is 1. The first-order valence-electron chi connectivity index (χ1n) is 3.95. The summed E-state index contributed by atoms with van der Waals surface area (Å²) in [4.78, 5) is 11.8. The van der Waals surface area contributed by atoms with Gasteiger partial charge >= 0.3 is 6.43 Å². The Labute approximate surface area is 80.5 Å². The third-order valence-electron chi connectivity index (χ3n) is 1.64. The molecule has 0 aliphatic rings. The van der Waals surface area contributed by atoms with Crippen molar-refractivity contribution in [3.05, 3.63) is 43.1 Å². The number of hydrogen-bond donors (Lipinski definition) is 0. The molecular weight excluding hydrogens is 188 g/mol. The molecule has 0 aromatic heterocycles. The zero-order chi connectivity index (χ0) is 10.6. The van der Waals surface area contributed by atoms with Gasteiger partial charge in [0.2, 0.25) is 0 Å². The molecule has 2 nitrogen and oxygen atoms in total. The molecule has 0 bridgehead atoms. The van der Waals surface area contributed by atoms with Gasteiger partial charge in [-0.3, -0.25) is 9.69 Å². The van der Waals surface area contributed by atoms with Crippen molar-refractivity contribution in [3.63, 3.8) is 0 Å². The average molecular weight is 197 g/mol. The minimum Gasteiger partial charge on any atom is -0.284 e. The smallest absolute Gasteiger partial charge is 0.284 e. The number of para-hydroxylation sites is 1. The number of amides is 1. The van der Waals surface area contributed by atoms with E-state index in [9.17, 15) is 13.6 Å². The highest BCUT2D eigenvalue weighted by molar-refractivity contribution is 5.97. The average Bonchev–Trinajstić information content (AvgIpc) is 2.20. The summed E-state index contributed by atoms with van der Waals surface area (Å²) in [5.74, 6) is -1.27. The van der Waals surface area contributed by atoms with Gasteiger partial charge in [-0.25, -0.2) is 0 Å². The summed E-state index contributed by atoms with van der Waals surface area (Å²) in [7, 11) is 0. The van der Waals surface area contributed by atoms with E-state index in [-0.39, 0.29) is 0 Å². The Bertz CT molecular complexity index is 324. The van der Waals surface area contributed by atoms with E-state index in [1.807, 2.05) is 0 Å². The fourth-order valence-electron chi connectivity index (χ4n) is 1.02. The lowest BCUT2D eigenvalue weighted by molar-refractivity contribution is -0.128. The third kappa shape index (κ3) is 2.16. The first-order chi connectivity index (χ1) is 6.66. The van der Waals surface area contributed by atoms with Crippen molar-refractivity contribution in [3.8, 4) is 0 Å². The van der Waals surface area contributed by atoms with Gasteiger partial charge in [0.15, 0.2) is 0 Å². The van der Waals surface area contributed by atoms with Gasteiger partial charge in [-0.1, -0.05) is 24.8 Å². The standard InChI is InChI=1S/C10H9F2NO/c1-2-13(10(14)9(11)12)8-6-4-3-5-7-8/h2-7,9H,1H2.